The number of benzene rings is 1. The van der Waals surface area contributed by atoms with Gasteiger partial charge in [0.1, 0.15) is 5.60 Å². The van der Waals surface area contributed by atoms with E-state index in [2.05, 4.69) is 0 Å². The number of rotatable bonds is 3. The summed E-state index contributed by atoms with van der Waals surface area (Å²) in [5.74, 6) is -1.46. The Hall–Kier alpha value is -1.35. The van der Waals surface area contributed by atoms with Crippen molar-refractivity contribution in [2.45, 2.75) is 18.9 Å². The van der Waals surface area contributed by atoms with Gasteiger partial charge in [0.15, 0.2) is 0 Å². The highest BCUT2D eigenvalue weighted by molar-refractivity contribution is 5.76. The van der Waals surface area contributed by atoms with Crippen molar-refractivity contribution in [1.29, 1.82) is 0 Å². The maximum atomic E-state index is 10.7. The molecule has 1 aromatic carbocycles. The van der Waals surface area contributed by atoms with Crippen molar-refractivity contribution < 1.29 is 15.0 Å². The van der Waals surface area contributed by atoms with Gasteiger partial charge in [-0.1, -0.05) is 37.3 Å². The minimum Gasteiger partial charge on any atom is -0.547 e. The Morgan fingerprint density at radius 3 is 2.38 bits per heavy atom. The lowest BCUT2D eigenvalue weighted by Crippen LogP contribution is -2.45. The molecule has 1 rings (SSSR count). The monoisotopic (exact) mass is 179 g/mol. The zero-order chi connectivity index (χ0) is 9.90. The van der Waals surface area contributed by atoms with E-state index in [9.17, 15) is 15.0 Å². The third kappa shape index (κ3) is 1.70. The van der Waals surface area contributed by atoms with E-state index in [0.717, 1.165) is 0 Å². The third-order valence-corrected chi connectivity index (χ3v) is 2.10. The minimum atomic E-state index is -1.86. The Bertz CT molecular complexity index is 294. The zero-order valence-electron chi connectivity index (χ0n) is 7.36. The van der Waals surface area contributed by atoms with Crippen LogP contribution in [-0.4, -0.2) is 11.1 Å². The van der Waals surface area contributed by atoms with Crippen LogP contribution in [0.2, 0.25) is 0 Å². The van der Waals surface area contributed by atoms with Crippen LogP contribution in [0.25, 0.3) is 0 Å². The molecule has 13 heavy (non-hydrogen) atoms. The maximum absolute atomic E-state index is 10.7. The number of carboxylic acid groups (broad SMARTS) is 1. The van der Waals surface area contributed by atoms with Crippen molar-refractivity contribution in [2.24, 2.45) is 0 Å². The lowest BCUT2D eigenvalue weighted by atomic mass is 9.91. The van der Waals surface area contributed by atoms with Gasteiger partial charge < -0.3 is 15.0 Å². The summed E-state index contributed by atoms with van der Waals surface area (Å²) >= 11 is 0. The van der Waals surface area contributed by atoms with Gasteiger partial charge in [0.2, 0.25) is 0 Å². The standard InChI is InChI=1S/C10H12O3/c1-2-10(13,9(11)12)8-6-4-3-5-7-8/h3-7,13H,2H2,1H3,(H,11,12)/p-1. The summed E-state index contributed by atoms with van der Waals surface area (Å²) in [6.07, 6.45) is 0.0966. The van der Waals surface area contributed by atoms with E-state index in [1.54, 1.807) is 37.3 Å². The van der Waals surface area contributed by atoms with Crippen molar-refractivity contribution in [3.63, 3.8) is 0 Å². The van der Waals surface area contributed by atoms with Gasteiger partial charge in [-0.25, -0.2) is 0 Å². The highest BCUT2D eigenvalue weighted by Gasteiger charge is 2.28. The average molecular weight is 179 g/mol. The number of aliphatic hydroxyl groups is 1. The van der Waals surface area contributed by atoms with E-state index in [1.165, 1.54) is 0 Å². The molecule has 3 heteroatoms. The Morgan fingerprint density at radius 1 is 1.46 bits per heavy atom. The zero-order valence-corrected chi connectivity index (χ0v) is 7.36. The van der Waals surface area contributed by atoms with Gasteiger partial charge in [0.25, 0.3) is 0 Å². The molecule has 0 heterocycles. The highest BCUT2D eigenvalue weighted by Crippen LogP contribution is 2.23. The van der Waals surface area contributed by atoms with E-state index < -0.39 is 11.6 Å². The van der Waals surface area contributed by atoms with Crippen LogP contribution in [0.5, 0.6) is 0 Å². The molecular formula is C10H11O3-. The fraction of sp³-hybridized carbons (Fsp3) is 0.300. The molecule has 0 aliphatic carbocycles. The summed E-state index contributed by atoms with van der Waals surface area (Å²) in [5, 5.41) is 20.4. The summed E-state index contributed by atoms with van der Waals surface area (Å²) in [4.78, 5) is 10.7. The van der Waals surface area contributed by atoms with Crippen molar-refractivity contribution >= 4 is 5.97 Å². The van der Waals surface area contributed by atoms with Crippen molar-refractivity contribution in [3.05, 3.63) is 35.9 Å². The van der Waals surface area contributed by atoms with E-state index in [-0.39, 0.29) is 6.42 Å². The molecule has 0 bridgehead atoms. The van der Waals surface area contributed by atoms with Gasteiger partial charge in [-0.05, 0) is 12.0 Å². The van der Waals surface area contributed by atoms with E-state index in [4.69, 9.17) is 0 Å². The Labute approximate surface area is 76.6 Å². The number of carboxylic acids is 1. The summed E-state index contributed by atoms with van der Waals surface area (Å²) < 4.78 is 0. The fourth-order valence-corrected chi connectivity index (χ4v) is 1.18. The predicted octanol–water partition coefficient (Wildman–Crippen LogP) is 0.0341. The highest BCUT2D eigenvalue weighted by atomic mass is 16.4. The largest absolute Gasteiger partial charge is 0.547 e. The summed E-state index contributed by atoms with van der Waals surface area (Å²) in [5.41, 5.74) is -1.50. The summed E-state index contributed by atoms with van der Waals surface area (Å²) in [7, 11) is 0. The first kappa shape index (κ1) is 9.74. The fourth-order valence-electron chi connectivity index (χ4n) is 1.18. The van der Waals surface area contributed by atoms with Crippen LogP contribution in [-0.2, 0) is 10.4 Å². The van der Waals surface area contributed by atoms with Crippen LogP contribution in [0.4, 0.5) is 0 Å². The molecule has 0 saturated carbocycles. The molecular weight excluding hydrogens is 168 g/mol. The van der Waals surface area contributed by atoms with E-state index in [0.29, 0.717) is 5.56 Å². The van der Waals surface area contributed by atoms with Crippen molar-refractivity contribution in [1.82, 2.24) is 0 Å². The minimum absolute atomic E-state index is 0.0966. The topological polar surface area (TPSA) is 60.4 Å². The first-order valence-electron chi connectivity index (χ1n) is 4.10. The number of aliphatic carboxylic acids is 1. The van der Waals surface area contributed by atoms with Gasteiger partial charge in [0.05, 0.1) is 5.97 Å². The van der Waals surface area contributed by atoms with Crippen LogP contribution in [0.3, 0.4) is 0 Å². The summed E-state index contributed by atoms with van der Waals surface area (Å²) in [6.45, 7) is 1.60. The number of carbonyl (C=O) groups is 1. The molecule has 3 nitrogen and oxygen atoms in total. The molecule has 0 amide bonds. The second-order valence-corrected chi connectivity index (χ2v) is 2.87. The van der Waals surface area contributed by atoms with Gasteiger partial charge >= 0.3 is 0 Å². The van der Waals surface area contributed by atoms with Crippen LogP contribution >= 0.6 is 0 Å². The Kier molecular flexibility index (Phi) is 2.68. The molecule has 1 unspecified atom stereocenters. The summed E-state index contributed by atoms with van der Waals surface area (Å²) in [6, 6.07) is 8.26. The number of hydrogen-bond donors (Lipinski definition) is 1. The molecule has 0 aliphatic rings. The maximum Gasteiger partial charge on any atom is 0.129 e. The molecule has 0 saturated heterocycles. The predicted molar refractivity (Wildman–Crippen MR) is 45.6 cm³/mol. The molecule has 0 fully saturated rings. The van der Waals surface area contributed by atoms with Crippen LogP contribution in [0, 0.1) is 0 Å². The molecule has 1 aromatic rings. The van der Waals surface area contributed by atoms with E-state index in [1.807, 2.05) is 0 Å². The normalized spacial score (nSPS) is 14.9. The second kappa shape index (κ2) is 3.58. The van der Waals surface area contributed by atoms with Crippen LogP contribution < -0.4 is 5.11 Å². The molecule has 70 valence electrons. The van der Waals surface area contributed by atoms with Gasteiger partial charge in [-0.2, -0.15) is 0 Å². The number of hydrogen-bond acceptors (Lipinski definition) is 3. The molecule has 1 atom stereocenters. The first-order valence-corrected chi connectivity index (χ1v) is 4.10. The number of carbonyl (C=O) groups excluding carboxylic acids is 1. The molecule has 0 radical (unpaired) electrons. The second-order valence-electron chi connectivity index (χ2n) is 2.87. The van der Waals surface area contributed by atoms with Crippen LogP contribution in [0.15, 0.2) is 30.3 Å². The van der Waals surface area contributed by atoms with Gasteiger partial charge in [-0.15, -0.1) is 0 Å². The third-order valence-electron chi connectivity index (χ3n) is 2.10. The Morgan fingerprint density at radius 2 is 2.00 bits per heavy atom. The smallest absolute Gasteiger partial charge is 0.129 e. The lowest BCUT2D eigenvalue weighted by Gasteiger charge is -2.28. The average Bonchev–Trinajstić information content (AvgIpc) is 2.17. The molecule has 0 aromatic heterocycles. The molecule has 1 N–H and O–H groups in total. The molecule has 0 spiro atoms. The van der Waals surface area contributed by atoms with Gasteiger partial charge in [-0.3, -0.25) is 0 Å². The van der Waals surface area contributed by atoms with Crippen molar-refractivity contribution in [3.8, 4) is 0 Å². The SMILES string of the molecule is CCC(O)(C(=O)[O-])c1ccccc1. The quantitative estimate of drug-likeness (QED) is 0.712. The van der Waals surface area contributed by atoms with Crippen molar-refractivity contribution in [2.75, 3.05) is 0 Å². The first-order chi connectivity index (χ1) is 6.11. The van der Waals surface area contributed by atoms with E-state index >= 15 is 0 Å². The van der Waals surface area contributed by atoms with Crippen LogP contribution in [0.1, 0.15) is 18.9 Å². The van der Waals surface area contributed by atoms with Gasteiger partial charge in [0, 0.05) is 0 Å². The lowest BCUT2D eigenvalue weighted by molar-refractivity contribution is -0.326. The Balaban J connectivity index is 3.11. The molecule has 0 aliphatic heterocycles.